The van der Waals surface area contributed by atoms with Crippen LogP contribution in [0.3, 0.4) is 0 Å². The lowest BCUT2D eigenvalue weighted by molar-refractivity contribution is 0.0399. The van der Waals surface area contributed by atoms with Gasteiger partial charge in [-0.1, -0.05) is 18.2 Å². The van der Waals surface area contributed by atoms with Crippen LogP contribution in [0.5, 0.6) is 0 Å². The maximum Gasteiger partial charge on any atom is 0.261 e. The van der Waals surface area contributed by atoms with E-state index < -0.39 is 22.0 Å². The molecule has 1 aromatic heterocycles. The molecule has 3 atom stereocenters. The molecule has 3 N–H and O–H groups in total. The number of carbonyl (C=O) groups excluding carboxylic acids is 1. The Morgan fingerprint density at radius 3 is 2.67 bits per heavy atom. The van der Waals surface area contributed by atoms with E-state index in [1.807, 2.05) is 11.4 Å². The Bertz CT molecular complexity index is 866. The highest BCUT2D eigenvalue weighted by Crippen LogP contribution is 2.16. The molecule has 1 aliphatic heterocycles. The van der Waals surface area contributed by atoms with E-state index >= 15 is 0 Å². The number of carbonyl (C=O) groups is 1. The topological polar surface area (TPSA) is 105 Å². The summed E-state index contributed by atoms with van der Waals surface area (Å²) in [5.41, 5.74) is 0.907. The number of amides is 1. The molecule has 0 spiro atoms. The van der Waals surface area contributed by atoms with Crippen LogP contribution in [-0.2, 0) is 21.1 Å². The van der Waals surface area contributed by atoms with Crippen molar-refractivity contribution >= 4 is 27.1 Å². The van der Waals surface area contributed by atoms with Gasteiger partial charge in [-0.25, -0.2) is 8.42 Å². The molecule has 146 valence electrons. The Morgan fingerprint density at radius 2 is 2.04 bits per heavy atom. The number of ether oxygens (including phenoxy) is 1. The Kier molecular flexibility index (Phi) is 6.28. The molecule has 9 heteroatoms. The molecule has 0 saturated carbocycles. The number of sulfone groups is 1. The van der Waals surface area contributed by atoms with Crippen LogP contribution >= 0.6 is 11.3 Å². The van der Waals surface area contributed by atoms with Crippen LogP contribution in [0, 0.1) is 0 Å². The highest BCUT2D eigenvalue weighted by Gasteiger charge is 2.35. The first-order valence-corrected chi connectivity index (χ1v) is 11.3. The standard InChI is InChI=1S/C18H22N2O5S2/c1-27(23,24)13-6-4-12(5-7-13)9-19-14-11-25-15(17(14)21)10-20-18(22)16-3-2-8-26-16/h2-8,14-15,17,19,21H,9-11H2,1H3,(H,20,22). The average Bonchev–Trinajstić information content (AvgIpc) is 3.28. The number of thiophene rings is 1. The molecule has 2 aromatic rings. The molecular formula is C18H22N2O5S2. The maximum atomic E-state index is 12.0. The molecule has 1 aliphatic rings. The van der Waals surface area contributed by atoms with Crippen molar-refractivity contribution in [1.82, 2.24) is 10.6 Å². The van der Waals surface area contributed by atoms with Crippen molar-refractivity contribution in [2.75, 3.05) is 19.4 Å². The Labute approximate surface area is 162 Å². The smallest absolute Gasteiger partial charge is 0.261 e. The van der Waals surface area contributed by atoms with Crippen LogP contribution in [0.25, 0.3) is 0 Å². The summed E-state index contributed by atoms with van der Waals surface area (Å²) in [7, 11) is -3.21. The number of benzene rings is 1. The van der Waals surface area contributed by atoms with Crippen molar-refractivity contribution < 1.29 is 23.1 Å². The van der Waals surface area contributed by atoms with Gasteiger partial charge in [-0.15, -0.1) is 11.3 Å². The molecule has 0 bridgehead atoms. The third kappa shape index (κ3) is 5.14. The van der Waals surface area contributed by atoms with E-state index in [0.717, 1.165) is 5.56 Å². The third-order valence-electron chi connectivity index (χ3n) is 4.41. The summed E-state index contributed by atoms with van der Waals surface area (Å²) in [4.78, 5) is 12.9. The minimum Gasteiger partial charge on any atom is -0.389 e. The average molecular weight is 411 g/mol. The zero-order valence-electron chi connectivity index (χ0n) is 14.8. The highest BCUT2D eigenvalue weighted by molar-refractivity contribution is 7.90. The van der Waals surface area contributed by atoms with Crippen LogP contribution in [0.2, 0.25) is 0 Å². The lowest BCUT2D eigenvalue weighted by atomic mass is 10.1. The summed E-state index contributed by atoms with van der Waals surface area (Å²) in [5.74, 6) is -0.178. The molecule has 3 rings (SSSR count). The second kappa shape index (κ2) is 8.49. The van der Waals surface area contributed by atoms with Crippen LogP contribution < -0.4 is 10.6 Å². The van der Waals surface area contributed by atoms with Gasteiger partial charge < -0.3 is 20.5 Å². The van der Waals surface area contributed by atoms with E-state index in [1.165, 1.54) is 17.6 Å². The normalized spacial score (nSPS) is 22.7. The second-order valence-electron chi connectivity index (χ2n) is 6.45. The summed E-state index contributed by atoms with van der Waals surface area (Å²) in [6.45, 7) is 1.05. The van der Waals surface area contributed by atoms with Gasteiger partial charge in [0.1, 0.15) is 6.10 Å². The Hall–Kier alpha value is -1.78. The van der Waals surface area contributed by atoms with Gasteiger partial charge in [-0.05, 0) is 29.1 Å². The summed E-state index contributed by atoms with van der Waals surface area (Å²) >= 11 is 1.36. The number of aliphatic hydroxyl groups excluding tert-OH is 1. The fourth-order valence-electron chi connectivity index (χ4n) is 2.83. The van der Waals surface area contributed by atoms with Crippen molar-refractivity contribution in [2.45, 2.75) is 29.7 Å². The van der Waals surface area contributed by atoms with Crippen LogP contribution in [0.15, 0.2) is 46.7 Å². The molecule has 3 unspecified atom stereocenters. The number of aliphatic hydroxyl groups is 1. The number of hydrogen-bond acceptors (Lipinski definition) is 7. The van der Waals surface area contributed by atoms with Gasteiger partial charge in [0, 0.05) is 19.3 Å². The quantitative estimate of drug-likeness (QED) is 0.624. The summed E-state index contributed by atoms with van der Waals surface area (Å²) in [6.07, 6.45) is -0.0490. The van der Waals surface area contributed by atoms with E-state index in [1.54, 1.807) is 30.3 Å². The van der Waals surface area contributed by atoms with E-state index in [9.17, 15) is 18.3 Å². The van der Waals surface area contributed by atoms with Gasteiger partial charge in [-0.3, -0.25) is 4.79 Å². The molecular weight excluding hydrogens is 388 g/mol. The highest BCUT2D eigenvalue weighted by atomic mass is 32.2. The first kappa shape index (κ1) is 20.0. The molecule has 7 nitrogen and oxygen atoms in total. The fourth-order valence-corrected chi connectivity index (χ4v) is 4.11. The zero-order chi connectivity index (χ0) is 19.4. The van der Waals surface area contributed by atoms with Gasteiger partial charge in [0.2, 0.25) is 0 Å². The van der Waals surface area contributed by atoms with E-state index in [4.69, 9.17) is 4.74 Å². The van der Waals surface area contributed by atoms with E-state index in [-0.39, 0.29) is 23.4 Å². The first-order chi connectivity index (χ1) is 12.8. The maximum absolute atomic E-state index is 12.0. The second-order valence-corrected chi connectivity index (χ2v) is 9.42. The largest absolute Gasteiger partial charge is 0.389 e. The van der Waals surface area contributed by atoms with Crippen molar-refractivity contribution in [3.05, 3.63) is 52.2 Å². The van der Waals surface area contributed by atoms with Gasteiger partial charge in [0.15, 0.2) is 9.84 Å². The first-order valence-electron chi connectivity index (χ1n) is 8.48. The van der Waals surface area contributed by atoms with Crippen molar-refractivity contribution in [3.8, 4) is 0 Å². The number of nitrogens with one attached hydrogen (secondary N) is 2. The van der Waals surface area contributed by atoms with E-state index in [2.05, 4.69) is 10.6 Å². The van der Waals surface area contributed by atoms with Crippen molar-refractivity contribution in [1.29, 1.82) is 0 Å². The fraction of sp³-hybridized carbons (Fsp3) is 0.389. The number of rotatable bonds is 7. The molecule has 1 aromatic carbocycles. The molecule has 1 saturated heterocycles. The molecule has 1 amide bonds. The van der Waals surface area contributed by atoms with Crippen LogP contribution in [0.1, 0.15) is 15.2 Å². The Morgan fingerprint density at radius 1 is 1.30 bits per heavy atom. The molecule has 2 heterocycles. The minimum atomic E-state index is -3.21. The van der Waals surface area contributed by atoms with Gasteiger partial charge in [0.25, 0.3) is 5.91 Å². The lowest BCUT2D eigenvalue weighted by Crippen LogP contribution is -2.44. The molecule has 0 aliphatic carbocycles. The van der Waals surface area contributed by atoms with Gasteiger partial charge >= 0.3 is 0 Å². The summed E-state index contributed by atoms with van der Waals surface area (Å²) in [6, 6.07) is 9.90. The molecule has 0 radical (unpaired) electrons. The van der Waals surface area contributed by atoms with Crippen LogP contribution in [-0.4, -0.2) is 57.1 Å². The van der Waals surface area contributed by atoms with Crippen molar-refractivity contribution in [3.63, 3.8) is 0 Å². The molecule has 27 heavy (non-hydrogen) atoms. The van der Waals surface area contributed by atoms with Gasteiger partial charge in [-0.2, -0.15) is 0 Å². The summed E-state index contributed by atoms with van der Waals surface area (Å²) < 4.78 is 28.6. The molecule has 1 fully saturated rings. The number of hydrogen-bond donors (Lipinski definition) is 3. The summed E-state index contributed by atoms with van der Waals surface area (Å²) in [5, 5.41) is 18.2. The third-order valence-corrected chi connectivity index (χ3v) is 6.41. The predicted molar refractivity (Wildman–Crippen MR) is 103 cm³/mol. The lowest BCUT2D eigenvalue weighted by Gasteiger charge is -2.19. The Balaban J connectivity index is 1.47. The zero-order valence-corrected chi connectivity index (χ0v) is 16.4. The van der Waals surface area contributed by atoms with E-state index in [0.29, 0.717) is 18.0 Å². The van der Waals surface area contributed by atoms with Gasteiger partial charge in [0.05, 0.1) is 28.5 Å². The minimum absolute atomic E-state index is 0.178. The monoisotopic (exact) mass is 410 g/mol. The predicted octanol–water partition coefficient (Wildman–Crippen LogP) is 0.799. The van der Waals surface area contributed by atoms with Crippen molar-refractivity contribution in [2.24, 2.45) is 0 Å². The van der Waals surface area contributed by atoms with Crippen LogP contribution in [0.4, 0.5) is 0 Å². The SMILES string of the molecule is CS(=O)(=O)c1ccc(CNC2COC(CNC(=O)c3cccs3)C2O)cc1.